The van der Waals surface area contributed by atoms with E-state index in [0.29, 0.717) is 38.2 Å². The van der Waals surface area contributed by atoms with Gasteiger partial charge in [0, 0.05) is 28.9 Å². The van der Waals surface area contributed by atoms with Gasteiger partial charge in [0.1, 0.15) is 11.5 Å². The highest BCUT2D eigenvalue weighted by atomic mass is 32.2. The summed E-state index contributed by atoms with van der Waals surface area (Å²) in [6.45, 7) is 0. The van der Waals surface area contributed by atoms with Crippen molar-refractivity contribution in [1.29, 1.82) is 0 Å². The number of benzene rings is 4. The summed E-state index contributed by atoms with van der Waals surface area (Å²) in [5, 5.41) is 21.9. The van der Waals surface area contributed by atoms with E-state index in [1.165, 1.54) is 12.1 Å². The molecule has 0 amide bonds. The van der Waals surface area contributed by atoms with Crippen molar-refractivity contribution in [2.75, 3.05) is 0 Å². The van der Waals surface area contributed by atoms with Gasteiger partial charge in [0.25, 0.3) is 20.2 Å². The molecule has 2 atom stereocenters. The molecule has 10 nitrogen and oxygen atoms in total. The molecule has 5 rings (SSSR count). The van der Waals surface area contributed by atoms with E-state index in [9.17, 15) is 36.2 Å². The number of phenolic OH excluding ortho intramolecular Hbond substituents is 2. The van der Waals surface area contributed by atoms with E-state index in [0.717, 1.165) is 12.1 Å². The largest absolute Gasteiger partial charge is 0.507 e. The average Bonchev–Trinajstić information content (AvgIpc) is 2.84. The van der Waals surface area contributed by atoms with Crippen molar-refractivity contribution < 1.29 is 36.2 Å². The van der Waals surface area contributed by atoms with E-state index in [-0.39, 0.29) is 11.5 Å². The molecule has 196 valence electrons. The van der Waals surface area contributed by atoms with Gasteiger partial charge in [0.05, 0.1) is 15.3 Å². The molecule has 2 unspecified atom stereocenters. The Morgan fingerprint density at radius 2 is 1.26 bits per heavy atom. The third-order valence-corrected chi connectivity index (χ3v) is 8.35. The minimum absolute atomic E-state index is 0.299. The van der Waals surface area contributed by atoms with Gasteiger partial charge in [-0.15, -0.1) is 0 Å². The van der Waals surface area contributed by atoms with Crippen LogP contribution in [-0.2, 0) is 25.8 Å². The number of rotatable bonds is 4. The van der Waals surface area contributed by atoms with Gasteiger partial charge in [-0.25, -0.2) is 0 Å². The zero-order valence-corrected chi connectivity index (χ0v) is 21.1. The zero-order chi connectivity index (χ0) is 27.6. The number of hydrogen-bond donors (Lipinski definition) is 6. The van der Waals surface area contributed by atoms with Crippen molar-refractivity contribution in [2.45, 2.75) is 21.4 Å². The van der Waals surface area contributed by atoms with Gasteiger partial charge < -0.3 is 21.7 Å². The van der Waals surface area contributed by atoms with E-state index >= 15 is 0 Å². The molecule has 0 heterocycles. The van der Waals surface area contributed by atoms with Crippen molar-refractivity contribution in [1.82, 2.24) is 0 Å². The Labute approximate surface area is 217 Å². The molecule has 0 bridgehead atoms. The van der Waals surface area contributed by atoms with Crippen molar-refractivity contribution in [3.63, 3.8) is 0 Å². The monoisotopic (exact) mass is 554 g/mol. The first-order valence-electron chi connectivity index (χ1n) is 11.1. The maximum absolute atomic E-state index is 11.6. The van der Waals surface area contributed by atoms with Crippen LogP contribution in [0.2, 0.25) is 0 Å². The van der Waals surface area contributed by atoms with Crippen LogP contribution in [0.5, 0.6) is 11.5 Å². The van der Waals surface area contributed by atoms with Gasteiger partial charge in [0.2, 0.25) is 0 Å². The lowest BCUT2D eigenvalue weighted by Crippen LogP contribution is -2.51. The lowest BCUT2D eigenvalue weighted by molar-refractivity contribution is 0.470. The summed E-state index contributed by atoms with van der Waals surface area (Å²) < 4.78 is 65.1. The van der Waals surface area contributed by atoms with Gasteiger partial charge in [-0.05, 0) is 51.7 Å². The number of allylic oxidation sites excluding steroid dienone is 2. The number of phenols is 2. The minimum atomic E-state index is -4.55. The summed E-state index contributed by atoms with van der Waals surface area (Å²) >= 11 is 0. The Hall–Kier alpha value is -3.78. The van der Waals surface area contributed by atoms with Crippen LogP contribution in [0.15, 0.2) is 88.7 Å². The molecule has 0 saturated carbocycles. The van der Waals surface area contributed by atoms with Crippen molar-refractivity contribution in [2.24, 2.45) is 11.5 Å². The fourth-order valence-electron chi connectivity index (χ4n) is 4.60. The predicted octanol–water partition coefficient (Wildman–Crippen LogP) is 3.03. The molecular formula is C26H22N2O8S2. The molecule has 0 fully saturated rings. The van der Waals surface area contributed by atoms with Crippen LogP contribution < -0.4 is 11.5 Å². The molecule has 0 saturated heterocycles. The maximum Gasteiger partial charge on any atom is 0.294 e. The van der Waals surface area contributed by atoms with Crippen molar-refractivity contribution >= 4 is 47.4 Å². The molecule has 38 heavy (non-hydrogen) atoms. The summed E-state index contributed by atoms with van der Waals surface area (Å²) in [4.78, 5) is -0.902. The van der Waals surface area contributed by atoms with Crippen molar-refractivity contribution in [3.8, 4) is 11.5 Å². The molecule has 1 aliphatic rings. The lowest BCUT2D eigenvalue weighted by atomic mass is 9.78. The SMILES string of the molecule is NC1C=C(c2ccc3c(O)cc(S(=O)(=O)O)cc3c2)C=CC1(N)c1ccc2c(O)cc(S(=O)(=O)O)cc2c1. The Kier molecular flexibility index (Phi) is 5.87. The quantitative estimate of drug-likeness (QED) is 0.204. The zero-order valence-electron chi connectivity index (χ0n) is 19.5. The molecule has 4 aromatic carbocycles. The Bertz CT molecular complexity index is 1930. The van der Waals surface area contributed by atoms with Gasteiger partial charge in [-0.1, -0.05) is 42.5 Å². The Balaban J connectivity index is 1.54. The van der Waals surface area contributed by atoms with E-state index in [2.05, 4.69) is 0 Å². The number of aromatic hydroxyl groups is 2. The molecule has 0 spiro atoms. The fraction of sp³-hybridized carbons (Fsp3) is 0.0769. The second-order valence-electron chi connectivity index (χ2n) is 9.12. The molecule has 12 heteroatoms. The fourth-order valence-corrected chi connectivity index (χ4v) is 5.67. The van der Waals surface area contributed by atoms with Crippen LogP contribution in [0.1, 0.15) is 11.1 Å². The summed E-state index contributed by atoms with van der Waals surface area (Å²) in [7, 11) is -9.08. The van der Waals surface area contributed by atoms with Crippen LogP contribution >= 0.6 is 0 Å². The summed E-state index contributed by atoms with van der Waals surface area (Å²) in [5.41, 5.74) is 13.8. The van der Waals surface area contributed by atoms with E-state index < -0.39 is 41.6 Å². The first-order valence-corrected chi connectivity index (χ1v) is 14.0. The predicted molar refractivity (Wildman–Crippen MR) is 142 cm³/mol. The number of nitrogens with two attached hydrogens (primary N) is 2. The molecule has 0 aliphatic heterocycles. The summed E-state index contributed by atoms with van der Waals surface area (Å²) in [5.74, 6) is -0.620. The van der Waals surface area contributed by atoms with E-state index in [1.54, 1.807) is 54.6 Å². The van der Waals surface area contributed by atoms with Crippen LogP contribution in [0.25, 0.3) is 27.1 Å². The smallest absolute Gasteiger partial charge is 0.294 e. The number of hydrogen-bond acceptors (Lipinski definition) is 8. The first-order chi connectivity index (χ1) is 17.7. The van der Waals surface area contributed by atoms with Crippen LogP contribution in [0.3, 0.4) is 0 Å². The molecule has 0 aromatic heterocycles. The van der Waals surface area contributed by atoms with Gasteiger partial charge in [-0.2, -0.15) is 16.8 Å². The highest BCUT2D eigenvalue weighted by Crippen LogP contribution is 2.37. The Morgan fingerprint density at radius 3 is 1.79 bits per heavy atom. The first kappa shape index (κ1) is 25.9. The van der Waals surface area contributed by atoms with Crippen molar-refractivity contribution in [3.05, 3.63) is 90.0 Å². The molecule has 0 radical (unpaired) electrons. The van der Waals surface area contributed by atoms with Gasteiger partial charge in [0.15, 0.2) is 0 Å². The average molecular weight is 555 g/mol. The van der Waals surface area contributed by atoms with Crippen LogP contribution in [-0.4, -0.2) is 42.2 Å². The summed E-state index contributed by atoms with van der Waals surface area (Å²) in [6.07, 6.45) is 5.12. The van der Waals surface area contributed by atoms with E-state index in [4.69, 9.17) is 11.5 Å². The molecule has 1 aliphatic carbocycles. The van der Waals surface area contributed by atoms with Crippen LogP contribution in [0, 0.1) is 0 Å². The third kappa shape index (κ3) is 4.43. The summed E-state index contributed by atoms with van der Waals surface area (Å²) in [6, 6.07) is 13.4. The Morgan fingerprint density at radius 1 is 0.737 bits per heavy atom. The second-order valence-corrected chi connectivity index (χ2v) is 12.0. The third-order valence-electron chi connectivity index (χ3n) is 6.69. The topological polar surface area (TPSA) is 201 Å². The highest BCUT2D eigenvalue weighted by molar-refractivity contribution is 7.86. The molecular weight excluding hydrogens is 532 g/mol. The van der Waals surface area contributed by atoms with E-state index in [1.807, 2.05) is 0 Å². The second kappa shape index (κ2) is 8.63. The highest BCUT2D eigenvalue weighted by Gasteiger charge is 2.34. The standard InChI is InChI=1S/C26H22N2O8S2/c27-25-11-15(14-1-3-21-16(7-14)9-19(12-23(21)29)37(31,32)33)5-6-26(25,28)18-2-4-22-17(8-18)10-20(13-24(22)30)38(34,35)36/h1-13,25,29-30H,27-28H2,(H,31,32,33)(H,34,35,36). The lowest BCUT2D eigenvalue weighted by Gasteiger charge is -2.34. The molecule has 4 aromatic rings. The normalized spacial score (nSPS) is 20.1. The number of fused-ring (bicyclic) bond motifs is 2. The van der Waals surface area contributed by atoms with Gasteiger partial charge >= 0.3 is 0 Å². The minimum Gasteiger partial charge on any atom is -0.507 e. The van der Waals surface area contributed by atoms with Crippen LogP contribution in [0.4, 0.5) is 0 Å². The van der Waals surface area contributed by atoms with Gasteiger partial charge in [-0.3, -0.25) is 9.11 Å². The maximum atomic E-state index is 11.6. The molecule has 8 N–H and O–H groups in total.